The Kier molecular flexibility index (Phi) is 6.62. The zero-order valence-corrected chi connectivity index (χ0v) is 20.0. The Morgan fingerprint density at radius 2 is 2.03 bits per heavy atom. The fraction of sp³-hybridized carbons (Fsp3) is 0.208. The van der Waals surface area contributed by atoms with Gasteiger partial charge in [-0.05, 0) is 42.1 Å². The average Bonchev–Trinajstić information content (AvgIpc) is 3.45. The molecule has 3 heterocycles. The molecule has 2 aromatic heterocycles. The van der Waals surface area contributed by atoms with E-state index in [-0.39, 0.29) is 12.2 Å². The maximum absolute atomic E-state index is 13.5. The number of thiophene rings is 1. The molecule has 7 nitrogen and oxygen atoms in total. The van der Waals surface area contributed by atoms with Gasteiger partial charge in [0.1, 0.15) is 12.6 Å². The van der Waals surface area contributed by atoms with E-state index in [1.165, 1.54) is 28.7 Å². The molecule has 170 valence electrons. The van der Waals surface area contributed by atoms with Gasteiger partial charge in [0, 0.05) is 4.88 Å². The van der Waals surface area contributed by atoms with Gasteiger partial charge in [0.25, 0.3) is 5.56 Å². The fourth-order valence-corrected chi connectivity index (χ4v) is 5.48. The molecule has 3 aromatic rings. The number of benzene rings is 1. The summed E-state index contributed by atoms with van der Waals surface area (Å²) < 4.78 is 18.0. The van der Waals surface area contributed by atoms with E-state index in [1.54, 1.807) is 43.9 Å². The molecule has 4 rings (SSSR count). The van der Waals surface area contributed by atoms with E-state index in [2.05, 4.69) is 11.6 Å². The second kappa shape index (κ2) is 9.60. The van der Waals surface area contributed by atoms with Crippen molar-refractivity contribution >= 4 is 34.7 Å². The topological polar surface area (TPSA) is 79.1 Å². The smallest absolute Gasteiger partial charge is 0.338 e. The summed E-state index contributed by atoms with van der Waals surface area (Å²) in [6.07, 6.45) is 3.29. The SMILES string of the molecule is C=CCOC(=O)C1=C(C)N=c2s/c(=C\c3ccc(OC)c(OC)c3)c(=O)n2[C@H]1c1cccs1. The van der Waals surface area contributed by atoms with Gasteiger partial charge in [-0.15, -0.1) is 11.3 Å². The number of rotatable bonds is 7. The van der Waals surface area contributed by atoms with E-state index >= 15 is 0 Å². The van der Waals surface area contributed by atoms with E-state index in [4.69, 9.17) is 14.2 Å². The van der Waals surface area contributed by atoms with Gasteiger partial charge in [-0.3, -0.25) is 9.36 Å². The maximum atomic E-state index is 13.5. The molecular weight excluding hydrogens is 460 g/mol. The van der Waals surface area contributed by atoms with E-state index < -0.39 is 12.0 Å². The number of fused-ring (bicyclic) bond motifs is 1. The van der Waals surface area contributed by atoms with Gasteiger partial charge in [-0.2, -0.15) is 0 Å². The van der Waals surface area contributed by atoms with Gasteiger partial charge >= 0.3 is 5.97 Å². The number of allylic oxidation sites excluding steroid dienone is 1. The molecule has 0 radical (unpaired) electrons. The third kappa shape index (κ3) is 4.29. The molecule has 9 heteroatoms. The third-order valence-corrected chi connectivity index (χ3v) is 7.00. The van der Waals surface area contributed by atoms with Crippen LogP contribution in [0, 0.1) is 0 Å². The molecule has 1 aliphatic rings. The molecule has 0 N–H and O–H groups in total. The van der Waals surface area contributed by atoms with Crippen LogP contribution in [0.3, 0.4) is 0 Å². The molecule has 1 atom stereocenters. The van der Waals surface area contributed by atoms with Crippen LogP contribution in [0.5, 0.6) is 11.5 Å². The Labute approximate surface area is 198 Å². The first-order valence-corrected chi connectivity index (χ1v) is 11.7. The summed E-state index contributed by atoms with van der Waals surface area (Å²) in [5, 5.41) is 1.91. The zero-order chi connectivity index (χ0) is 23.5. The molecule has 0 amide bonds. The van der Waals surface area contributed by atoms with Crippen molar-refractivity contribution < 1.29 is 19.0 Å². The monoisotopic (exact) mass is 482 g/mol. The van der Waals surface area contributed by atoms with Crippen molar-refractivity contribution in [3.05, 3.63) is 89.8 Å². The third-order valence-electron chi connectivity index (χ3n) is 5.09. The van der Waals surface area contributed by atoms with E-state index in [9.17, 15) is 9.59 Å². The Morgan fingerprint density at radius 3 is 2.70 bits per heavy atom. The normalized spacial score (nSPS) is 15.6. The van der Waals surface area contributed by atoms with Crippen LogP contribution in [-0.2, 0) is 9.53 Å². The first-order valence-electron chi connectivity index (χ1n) is 10.0. The molecule has 0 aliphatic carbocycles. The molecule has 0 spiro atoms. The van der Waals surface area contributed by atoms with Crippen molar-refractivity contribution in [2.75, 3.05) is 20.8 Å². The van der Waals surface area contributed by atoms with Crippen LogP contribution in [0.15, 0.2) is 69.4 Å². The Balaban J connectivity index is 1.88. The molecule has 1 aromatic carbocycles. The summed E-state index contributed by atoms with van der Waals surface area (Å²) in [5.41, 5.74) is 1.44. The molecule has 0 saturated heterocycles. The van der Waals surface area contributed by atoms with Crippen molar-refractivity contribution in [1.82, 2.24) is 4.57 Å². The van der Waals surface area contributed by atoms with Crippen molar-refractivity contribution in [1.29, 1.82) is 0 Å². The number of thiazole rings is 1. The summed E-state index contributed by atoms with van der Waals surface area (Å²) in [4.78, 5) is 32.4. The predicted octanol–water partition coefficient (Wildman–Crippen LogP) is 3.04. The summed E-state index contributed by atoms with van der Waals surface area (Å²) in [6.45, 7) is 5.43. The van der Waals surface area contributed by atoms with Gasteiger partial charge in [0.05, 0.1) is 30.0 Å². The molecule has 0 unspecified atom stereocenters. The van der Waals surface area contributed by atoms with Crippen LogP contribution < -0.4 is 24.4 Å². The van der Waals surface area contributed by atoms with E-state index in [0.717, 1.165) is 10.4 Å². The summed E-state index contributed by atoms with van der Waals surface area (Å²) in [5.74, 6) is 0.661. The molecule has 0 bridgehead atoms. The summed E-state index contributed by atoms with van der Waals surface area (Å²) in [7, 11) is 3.13. The number of hydrogen-bond donors (Lipinski definition) is 0. The van der Waals surface area contributed by atoms with Crippen LogP contribution in [0.1, 0.15) is 23.4 Å². The number of aromatic nitrogens is 1. The predicted molar refractivity (Wildman–Crippen MR) is 129 cm³/mol. The number of esters is 1. The maximum Gasteiger partial charge on any atom is 0.338 e. The Bertz CT molecular complexity index is 1410. The van der Waals surface area contributed by atoms with Gasteiger partial charge < -0.3 is 14.2 Å². The van der Waals surface area contributed by atoms with Crippen LogP contribution >= 0.6 is 22.7 Å². The van der Waals surface area contributed by atoms with Gasteiger partial charge in [0.15, 0.2) is 16.3 Å². The highest BCUT2D eigenvalue weighted by molar-refractivity contribution is 7.10. The van der Waals surface area contributed by atoms with Gasteiger partial charge in [0.2, 0.25) is 0 Å². The Morgan fingerprint density at radius 1 is 1.24 bits per heavy atom. The number of methoxy groups -OCH3 is 2. The van der Waals surface area contributed by atoms with Crippen LogP contribution in [-0.4, -0.2) is 31.4 Å². The van der Waals surface area contributed by atoms with Crippen LogP contribution in [0.2, 0.25) is 0 Å². The fourth-order valence-electron chi connectivity index (χ4n) is 3.61. The standard InChI is InChI=1S/C24H22N2O5S2/c1-5-10-31-23(28)20-14(2)25-24-26(21(20)18-7-6-11-32-18)22(27)19(33-24)13-15-8-9-16(29-3)17(12-15)30-4/h5-9,11-13,21H,1,10H2,2-4H3/b19-13-/t21-/m0/s1. The van der Waals surface area contributed by atoms with Crippen LogP contribution in [0.25, 0.3) is 6.08 Å². The van der Waals surface area contributed by atoms with E-state index in [1.807, 2.05) is 23.6 Å². The molecule has 33 heavy (non-hydrogen) atoms. The highest BCUT2D eigenvalue weighted by Gasteiger charge is 2.33. The largest absolute Gasteiger partial charge is 0.493 e. The quantitative estimate of drug-likeness (QED) is 0.382. The number of carbonyl (C=O) groups is 1. The minimum Gasteiger partial charge on any atom is -0.493 e. The lowest BCUT2D eigenvalue weighted by atomic mass is 10.0. The first-order chi connectivity index (χ1) is 16.0. The number of ether oxygens (including phenoxy) is 3. The zero-order valence-electron chi connectivity index (χ0n) is 18.4. The highest BCUT2D eigenvalue weighted by Crippen LogP contribution is 2.33. The first kappa shape index (κ1) is 22.8. The highest BCUT2D eigenvalue weighted by atomic mass is 32.1. The molecule has 0 fully saturated rings. The number of nitrogens with zero attached hydrogens (tertiary/aromatic N) is 2. The minimum absolute atomic E-state index is 0.0799. The van der Waals surface area contributed by atoms with Crippen molar-refractivity contribution in [3.63, 3.8) is 0 Å². The van der Waals surface area contributed by atoms with Crippen molar-refractivity contribution in [2.45, 2.75) is 13.0 Å². The number of carbonyl (C=O) groups excluding carboxylic acids is 1. The average molecular weight is 483 g/mol. The van der Waals surface area contributed by atoms with Gasteiger partial charge in [-0.1, -0.05) is 36.1 Å². The lowest BCUT2D eigenvalue weighted by Gasteiger charge is -2.23. The molecular formula is C24H22N2O5S2. The lowest BCUT2D eigenvalue weighted by molar-refractivity contribution is -0.138. The molecule has 1 aliphatic heterocycles. The van der Waals surface area contributed by atoms with Crippen LogP contribution in [0.4, 0.5) is 0 Å². The summed E-state index contributed by atoms with van der Waals surface area (Å²) >= 11 is 2.75. The van der Waals surface area contributed by atoms with E-state index in [0.29, 0.717) is 32.1 Å². The van der Waals surface area contributed by atoms with Gasteiger partial charge in [-0.25, -0.2) is 9.79 Å². The summed E-state index contributed by atoms with van der Waals surface area (Å²) in [6, 6.07) is 8.62. The minimum atomic E-state index is -0.605. The number of hydrogen-bond acceptors (Lipinski definition) is 8. The second-order valence-electron chi connectivity index (χ2n) is 7.10. The van der Waals surface area contributed by atoms with Crippen molar-refractivity contribution in [3.8, 4) is 11.5 Å². The second-order valence-corrected chi connectivity index (χ2v) is 9.09. The Hall–Kier alpha value is -3.43. The molecule has 0 saturated carbocycles. The van der Waals surface area contributed by atoms with Crippen molar-refractivity contribution in [2.24, 2.45) is 4.99 Å². The lowest BCUT2D eigenvalue weighted by Crippen LogP contribution is -2.39.